The number of alkyl carbamates (subject to hydrolysis) is 1. The third-order valence-electron chi connectivity index (χ3n) is 11.1. The number of aliphatic hydroxyl groups is 3. The fraction of sp³-hybridized carbons (Fsp3) is 0.784. The van der Waals surface area contributed by atoms with Crippen molar-refractivity contribution in [2.24, 2.45) is 23.7 Å². The second kappa shape index (κ2) is 15.9. The summed E-state index contributed by atoms with van der Waals surface area (Å²) in [7, 11) is 3.76. The Morgan fingerprint density at radius 3 is 2.29 bits per heavy atom. The molecule has 3 heterocycles. The van der Waals surface area contributed by atoms with Crippen LogP contribution in [0.25, 0.3) is 0 Å². The molecule has 1 unspecified atom stereocenters. The standard InChI is InChI=1S/C37H60N2O10/c1-11-27-37(8)32(48-35(43)38-19-25-15-13-12-14-16-25)24(6)30(49-37)20(2)18-36(7,44)31(22(4)28(40)23(5)33(42)46-27)47-34-29(41)26(39(9)10)17-21(3)45-34/h12-16,20-24,26-32,34,40-41,44H,11,17-19H2,1-10H3,(H,38,43)/t20-,21-,22+,23-,24+,26+,27-,28+,29-,30-,31-,32+,34+,36+,37?/m1/s1. The molecule has 1 amide bonds. The van der Waals surface area contributed by atoms with Gasteiger partial charge in [-0.3, -0.25) is 4.79 Å². The lowest BCUT2D eigenvalue weighted by atomic mass is 9.75. The molecule has 0 saturated carbocycles. The van der Waals surface area contributed by atoms with Gasteiger partial charge in [0, 0.05) is 24.4 Å². The lowest BCUT2D eigenvalue weighted by molar-refractivity contribution is -0.299. The monoisotopic (exact) mass is 692 g/mol. The van der Waals surface area contributed by atoms with Gasteiger partial charge in [0.15, 0.2) is 6.29 Å². The summed E-state index contributed by atoms with van der Waals surface area (Å²) in [4.78, 5) is 28.9. The number of likely N-dealkylation sites (N-methyl/N-ethyl adjacent to an activating group) is 1. The fourth-order valence-corrected chi connectivity index (χ4v) is 8.35. The molecular weight excluding hydrogens is 632 g/mol. The minimum atomic E-state index is -1.58. The van der Waals surface area contributed by atoms with Crippen LogP contribution in [0.2, 0.25) is 0 Å². The normalized spacial score (nSPS) is 43.6. The zero-order valence-electron chi connectivity index (χ0n) is 30.9. The van der Waals surface area contributed by atoms with E-state index in [0.717, 1.165) is 5.56 Å². The number of ether oxygens (including phenoxy) is 5. The van der Waals surface area contributed by atoms with E-state index in [0.29, 0.717) is 12.8 Å². The summed E-state index contributed by atoms with van der Waals surface area (Å²) in [5.41, 5.74) is -1.89. The fourth-order valence-electron chi connectivity index (χ4n) is 8.35. The topological polar surface area (TPSA) is 156 Å². The number of nitrogens with zero attached hydrogens (tertiary/aromatic N) is 1. The Balaban J connectivity index is 1.67. The van der Waals surface area contributed by atoms with E-state index in [1.807, 2.05) is 77.0 Å². The van der Waals surface area contributed by atoms with Gasteiger partial charge in [0.05, 0.1) is 35.9 Å². The molecule has 15 atom stereocenters. The maximum absolute atomic E-state index is 13.7. The SMILES string of the molecule is CC[C@H]1OC(=O)[C@H](C)[C@@H](O)[C@H](C)[C@@H](O[C@@H]2O[C@H](C)C[C@H](N(C)C)[C@H]2O)[C@@](C)(O)C[C@@H](C)[C@H]2OC1(C)[C@@H](OC(=O)NCc1ccccc1)[C@H]2C. The predicted molar refractivity (Wildman–Crippen MR) is 182 cm³/mol. The molecule has 2 bridgehead atoms. The summed E-state index contributed by atoms with van der Waals surface area (Å²) in [5, 5.41) is 38.0. The number of esters is 1. The number of hydrogen-bond donors (Lipinski definition) is 4. The quantitative estimate of drug-likeness (QED) is 0.310. The Morgan fingerprint density at radius 2 is 1.67 bits per heavy atom. The number of rotatable bonds is 7. The smallest absolute Gasteiger partial charge is 0.407 e. The van der Waals surface area contributed by atoms with Crippen molar-refractivity contribution in [2.75, 3.05) is 14.1 Å². The first kappa shape index (κ1) is 39.5. The molecule has 12 heteroatoms. The van der Waals surface area contributed by atoms with E-state index >= 15 is 0 Å². The molecule has 4 N–H and O–H groups in total. The van der Waals surface area contributed by atoms with Crippen molar-refractivity contribution >= 4 is 12.1 Å². The second-order valence-corrected chi connectivity index (χ2v) is 15.4. The second-order valence-electron chi connectivity index (χ2n) is 15.4. The average molecular weight is 693 g/mol. The van der Waals surface area contributed by atoms with Crippen LogP contribution >= 0.6 is 0 Å². The molecule has 0 aliphatic carbocycles. The first-order valence-corrected chi connectivity index (χ1v) is 17.8. The van der Waals surface area contributed by atoms with Gasteiger partial charge in [-0.2, -0.15) is 0 Å². The number of carbonyl (C=O) groups excluding carboxylic acids is 2. The van der Waals surface area contributed by atoms with E-state index in [4.69, 9.17) is 23.7 Å². The average Bonchev–Trinajstić information content (AvgIpc) is 3.30. The summed E-state index contributed by atoms with van der Waals surface area (Å²) >= 11 is 0. The molecule has 1 aromatic carbocycles. The summed E-state index contributed by atoms with van der Waals surface area (Å²) < 4.78 is 31.5. The first-order chi connectivity index (χ1) is 22.9. The summed E-state index contributed by atoms with van der Waals surface area (Å²) in [6.07, 6.45) is -6.29. The molecule has 278 valence electrons. The molecule has 12 nitrogen and oxygen atoms in total. The molecule has 4 rings (SSSR count). The molecule has 3 fully saturated rings. The number of cyclic esters (lactones) is 1. The van der Waals surface area contributed by atoms with Crippen LogP contribution in [0.4, 0.5) is 4.79 Å². The van der Waals surface area contributed by atoms with Crippen LogP contribution in [0, 0.1) is 23.7 Å². The van der Waals surface area contributed by atoms with Gasteiger partial charge in [0.1, 0.15) is 23.9 Å². The largest absolute Gasteiger partial charge is 0.459 e. The summed E-state index contributed by atoms with van der Waals surface area (Å²) in [5.74, 6) is -3.09. The van der Waals surface area contributed by atoms with Gasteiger partial charge in [-0.25, -0.2) is 4.79 Å². The third-order valence-corrected chi connectivity index (χ3v) is 11.1. The van der Waals surface area contributed by atoms with Crippen molar-refractivity contribution in [3.8, 4) is 0 Å². The molecule has 3 aliphatic heterocycles. The van der Waals surface area contributed by atoms with Gasteiger partial charge >= 0.3 is 12.1 Å². The van der Waals surface area contributed by atoms with Crippen LogP contribution in [0.3, 0.4) is 0 Å². The van der Waals surface area contributed by atoms with Crippen LogP contribution in [0.5, 0.6) is 0 Å². The van der Waals surface area contributed by atoms with E-state index in [1.54, 1.807) is 27.7 Å². The van der Waals surface area contributed by atoms with Crippen molar-refractivity contribution in [3.05, 3.63) is 35.9 Å². The molecular formula is C37H60N2O10. The number of aliphatic hydroxyl groups excluding tert-OH is 2. The van der Waals surface area contributed by atoms with Crippen molar-refractivity contribution in [1.29, 1.82) is 0 Å². The van der Waals surface area contributed by atoms with Crippen molar-refractivity contribution in [3.63, 3.8) is 0 Å². The van der Waals surface area contributed by atoms with E-state index in [9.17, 15) is 24.9 Å². The number of carbonyl (C=O) groups is 2. The number of benzene rings is 1. The first-order valence-electron chi connectivity index (χ1n) is 17.8. The predicted octanol–water partition coefficient (Wildman–Crippen LogP) is 3.63. The Labute approximate surface area is 291 Å². The zero-order valence-corrected chi connectivity index (χ0v) is 30.9. The van der Waals surface area contributed by atoms with Crippen LogP contribution in [0.15, 0.2) is 30.3 Å². The van der Waals surface area contributed by atoms with Crippen molar-refractivity contribution in [1.82, 2.24) is 10.2 Å². The molecule has 0 spiro atoms. The molecule has 0 aromatic heterocycles. The van der Waals surface area contributed by atoms with E-state index in [2.05, 4.69) is 5.32 Å². The molecule has 1 aromatic rings. The molecule has 3 saturated heterocycles. The van der Waals surface area contributed by atoms with Crippen LogP contribution in [-0.2, 0) is 35.0 Å². The molecule has 0 radical (unpaired) electrons. The Hall–Kier alpha value is -2.32. The van der Waals surface area contributed by atoms with Gasteiger partial charge in [0.25, 0.3) is 0 Å². The number of nitrogens with one attached hydrogen (secondary N) is 1. The lowest BCUT2D eigenvalue weighted by Gasteiger charge is -2.46. The zero-order chi connectivity index (χ0) is 36.4. The number of hydrogen-bond acceptors (Lipinski definition) is 11. The summed E-state index contributed by atoms with van der Waals surface area (Å²) in [6.45, 7) is 14.7. The highest BCUT2D eigenvalue weighted by Gasteiger charge is 2.60. The number of fused-ring (bicyclic) bond motifs is 2. The van der Waals surface area contributed by atoms with Gasteiger partial charge in [-0.15, -0.1) is 0 Å². The van der Waals surface area contributed by atoms with E-state index in [1.165, 1.54) is 0 Å². The summed E-state index contributed by atoms with van der Waals surface area (Å²) in [6, 6.07) is 9.24. The molecule has 3 aliphatic rings. The maximum Gasteiger partial charge on any atom is 0.407 e. The number of amides is 1. The lowest BCUT2D eigenvalue weighted by Crippen LogP contribution is -2.59. The van der Waals surface area contributed by atoms with Crippen molar-refractivity contribution in [2.45, 2.75) is 147 Å². The van der Waals surface area contributed by atoms with Gasteiger partial charge in [-0.05, 0) is 72.5 Å². The van der Waals surface area contributed by atoms with Crippen LogP contribution in [-0.4, -0.2) is 113 Å². The Kier molecular flexibility index (Phi) is 12.8. The maximum atomic E-state index is 13.7. The highest BCUT2D eigenvalue weighted by atomic mass is 16.7. The Morgan fingerprint density at radius 1 is 1.02 bits per heavy atom. The van der Waals surface area contributed by atoms with Crippen LogP contribution in [0.1, 0.15) is 80.2 Å². The minimum Gasteiger partial charge on any atom is -0.459 e. The van der Waals surface area contributed by atoms with Gasteiger partial charge in [0.2, 0.25) is 0 Å². The minimum absolute atomic E-state index is 0.169. The molecule has 49 heavy (non-hydrogen) atoms. The van der Waals surface area contributed by atoms with E-state index in [-0.39, 0.29) is 36.9 Å². The van der Waals surface area contributed by atoms with Gasteiger partial charge < -0.3 is 49.2 Å². The van der Waals surface area contributed by atoms with Crippen molar-refractivity contribution < 1.29 is 48.6 Å². The van der Waals surface area contributed by atoms with E-state index < -0.39 is 78.0 Å². The highest BCUT2D eigenvalue weighted by molar-refractivity contribution is 5.73. The van der Waals surface area contributed by atoms with Crippen LogP contribution < -0.4 is 5.32 Å². The highest BCUT2D eigenvalue weighted by Crippen LogP contribution is 2.47. The third kappa shape index (κ3) is 8.60. The Bertz CT molecular complexity index is 1250. The van der Waals surface area contributed by atoms with Gasteiger partial charge in [-0.1, -0.05) is 58.0 Å².